The van der Waals surface area contributed by atoms with Crippen LogP contribution in [0.15, 0.2) is 42.5 Å². The van der Waals surface area contributed by atoms with Crippen molar-refractivity contribution in [2.45, 2.75) is 26.3 Å². The molecule has 0 radical (unpaired) electrons. The molecule has 5 nitrogen and oxygen atoms in total. The number of anilines is 2. The van der Waals surface area contributed by atoms with Gasteiger partial charge in [0.2, 0.25) is 5.91 Å². The molecule has 2 aromatic rings. The molecular formula is C18H18N2O3. The third-order valence-corrected chi connectivity index (χ3v) is 4.10. The van der Waals surface area contributed by atoms with E-state index in [0.717, 1.165) is 16.2 Å². The molecule has 0 aromatic heterocycles. The van der Waals surface area contributed by atoms with Gasteiger partial charge in [-0.15, -0.1) is 0 Å². The summed E-state index contributed by atoms with van der Waals surface area (Å²) in [5.74, 6) is -0.432. The Balaban J connectivity index is 1.80. The fourth-order valence-electron chi connectivity index (χ4n) is 2.65. The maximum atomic E-state index is 12.5. The van der Waals surface area contributed by atoms with Crippen LogP contribution in [0, 0.1) is 13.8 Å². The zero-order chi connectivity index (χ0) is 16.6. The van der Waals surface area contributed by atoms with Crippen LogP contribution in [0.2, 0.25) is 0 Å². The van der Waals surface area contributed by atoms with E-state index in [1.165, 1.54) is 17.7 Å². The van der Waals surface area contributed by atoms with Crippen molar-refractivity contribution in [3.63, 3.8) is 0 Å². The number of phenolic OH excluding ortho intramolecular Hbond substituents is 1. The van der Waals surface area contributed by atoms with Crippen LogP contribution in [0.5, 0.6) is 5.75 Å². The maximum absolute atomic E-state index is 12.5. The molecule has 118 valence electrons. The Kier molecular flexibility index (Phi) is 3.78. The molecule has 2 amide bonds. The minimum absolute atomic E-state index is 0.0950. The van der Waals surface area contributed by atoms with Gasteiger partial charge in [0.25, 0.3) is 5.91 Å². The lowest BCUT2D eigenvalue weighted by molar-refractivity contribution is -0.121. The number of carbonyl (C=O) groups is 2. The third-order valence-electron chi connectivity index (χ3n) is 4.10. The van der Waals surface area contributed by atoms with E-state index >= 15 is 0 Å². The van der Waals surface area contributed by atoms with Gasteiger partial charge in [-0.1, -0.05) is 6.07 Å². The molecule has 1 fully saturated rings. The standard InChI is InChI=1S/C18H18N2O3/c1-11-3-4-13(9-12(11)2)19-16-10-17(22)20(18(16)23)14-5-7-15(21)8-6-14/h3-9,16,19,21H,10H2,1-2H3. The summed E-state index contributed by atoms with van der Waals surface area (Å²) in [5, 5.41) is 12.5. The lowest BCUT2D eigenvalue weighted by Crippen LogP contribution is -2.34. The molecular weight excluding hydrogens is 292 g/mol. The van der Waals surface area contributed by atoms with Gasteiger partial charge < -0.3 is 10.4 Å². The van der Waals surface area contributed by atoms with E-state index < -0.39 is 6.04 Å². The SMILES string of the molecule is Cc1ccc(NC2CC(=O)N(c3ccc(O)cc3)C2=O)cc1C. The van der Waals surface area contributed by atoms with E-state index in [1.807, 2.05) is 32.0 Å². The maximum Gasteiger partial charge on any atom is 0.256 e. The van der Waals surface area contributed by atoms with E-state index in [2.05, 4.69) is 5.32 Å². The number of nitrogens with zero attached hydrogens (tertiary/aromatic N) is 1. The van der Waals surface area contributed by atoms with Crippen LogP contribution in [0.3, 0.4) is 0 Å². The lowest BCUT2D eigenvalue weighted by Gasteiger charge is -2.16. The van der Waals surface area contributed by atoms with Gasteiger partial charge in [-0.25, -0.2) is 4.90 Å². The smallest absolute Gasteiger partial charge is 0.256 e. The summed E-state index contributed by atoms with van der Waals surface area (Å²) in [7, 11) is 0. The number of carbonyl (C=O) groups excluding carboxylic acids is 2. The number of phenols is 1. The lowest BCUT2D eigenvalue weighted by atomic mass is 10.1. The zero-order valence-electron chi connectivity index (χ0n) is 13.0. The summed E-state index contributed by atoms with van der Waals surface area (Å²) in [6.45, 7) is 4.03. The molecule has 1 heterocycles. The van der Waals surface area contributed by atoms with Gasteiger partial charge in [-0.2, -0.15) is 0 Å². The van der Waals surface area contributed by atoms with Crippen molar-refractivity contribution in [1.82, 2.24) is 0 Å². The van der Waals surface area contributed by atoms with Crippen LogP contribution in [-0.4, -0.2) is 23.0 Å². The second-order valence-electron chi connectivity index (χ2n) is 5.78. The first kappa shape index (κ1) is 15.1. The first-order valence-electron chi connectivity index (χ1n) is 7.45. The van der Waals surface area contributed by atoms with Crippen molar-refractivity contribution in [3.8, 4) is 5.75 Å². The topological polar surface area (TPSA) is 69.6 Å². The Labute approximate surface area is 134 Å². The average Bonchev–Trinajstić information content (AvgIpc) is 2.79. The van der Waals surface area contributed by atoms with Crippen molar-refractivity contribution >= 4 is 23.2 Å². The summed E-state index contributed by atoms with van der Waals surface area (Å²) in [4.78, 5) is 25.9. The molecule has 1 saturated heterocycles. The molecule has 0 bridgehead atoms. The van der Waals surface area contributed by atoms with Crippen LogP contribution >= 0.6 is 0 Å². The van der Waals surface area contributed by atoms with Gasteiger partial charge in [0, 0.05) is 5.69 Å². The Morgan fingerprint density at radius 3 is 2.39 bits per heavy atom. The van der Waals surface area contributed by atoms with Crippen LogP contribution in [0.25, 0.3) is 0 Å². The second-order valence-corrected chi connectivity index (χ2v) is 5.78. The van der Waals surface area contributed by atoms with Crippen molar-refractivity contribution in [3.05, 3.63) is 53.6 Å². The minimum Gasteiger partial charge on any atom is -0.508 e. The minimum atomic E-state index is -0.571. The molecule has 1 aliphatic heterocycles. The van der Waals surface area contributed by atoms with Crippen LogP contribution in [-0.2, 0) is 9.59 Å². The number of nitrogens with one attached hydrogen (secondary N) is 1. The summed E-state index contributed by atoms with van der Waals surface area (Å²) in [5.41, 5.74) is 3.60. The van der Waals surface area contributed by atoms with Gasteiger partial charge in [0.05, 0.1) is 12.1 Å². The summed E-state index contributed by atoms with van der Waals surface area (Å²) in [6, 6.07) is 11.3. The van der Waals surface area contributed by atoms with Crippen LogP contribution < -0.4 is 10.2 Å². The number of aromatic hydroxyl groups is 1. The van der Waals surface area contributed by atoms with Crippen molar-refractivity contribution in [1.29, 1.82) is 0 Å². The van der Waals surface area contributed by atoms with E-state index in [1.54, 1.807) is 12.1 Å². The number of imide groups is 1. The highest BCUT2D eigenvalue weighted by Gasteiger charge is 2.39. The molecule has 23 heavy (non-hydrogen) atoms. The van der Waals surface area contributed by atoms with E-state index in [0.29, 0.717) is 5.69 Å². The quantitative estimate of drug-likeness (QED) is 0.855. The summed E-state index contributed by atoms with van der Waals surface area (Å²) >= 11 is 0. The van der Waals surface area contributed by atoms with Gasteiger partial charge in [-0.3, -0.25) is 9.59 Å². The predicted octanol–water partition coefficient (Wildman–Crippen LogP) is 2.75. The van der Waals surface area contributed by atoms with Crippen molar-refractivity contribution in [2.24, 2.45) is 0 Å². The molecule has 2 N–H and O–H groups in total. The fourth-order valence-corrected chi connectivity index (χ4v) is 2.65. The van der Waals surface area contributed by atoms with Crippen LogP contribution in [0.1, 0.15) is 17.5 Å². The second kappa shape index (κ2) is 5.76. The molecule has 1 unspecified atom stereocenters. The summed E-state index contributed by atoms with van der Waals surface area (Å²) in [6.07, 6.45) is 0.118. The average molecular weight is 310 g/mol. The highest BCUT2D eigenvalue weighted by Crippen LogP contribution is 2.26. The fraction of sp³-hybridized carbons (Fsp3) is 0.222. The van der Waals surface area contributed by atoms with E-state index in [4.69, 9.17) is 0 Å². The van der Waals surface area contributed by atoms with Crippen LogP contribution in [0.4, 0.5) is 11.4 Å². The molecule has 0 saturated carbocycles. The number of hydrogen-bond donors (Lipinski definition) is 2. The molecule has 1 atom stereocenters. The number of amides is 2. The number of rotatable bonds is 3. The van der Waals surface area contributed by atoms with E-state index in [9.17, 15) is 14.7 Å². The Hall–Kier alpha value is -2.82. The third kappa shape index (κ3) is 2.90. The number of benzene rings is 2. The molecule has 1 aliphatic rings. The molecule has 5 heteroatoms. The van der Waals surface area contributed by atoms with Gasteiger partial charge in [0.15, 0.2) is 0 Å². The Bertz CT molecular complexity index is 768. The van der Waals surface area contributed by atoms with E-state index in [-0.39, 0.29) is 24.0 Å². The monoisotopic (exact) mass is 310 g/mol. The Morgan fingerprint density at radius 1 is 1.04 bits per heavy atom. The molecule has 3 rings (SSSR count). The van der Waals surface area contributed by atoms with Gasteiger partial charge in [-0.05, 0) is 61.4 Å². The summed E-state index contributed by atoms with van der Waals surface area (Å²) < 4.78 is 0. The molecule has 2 aromatic carbocycles. The number of aryl methyl sites for hydroxylation is 2. The first-order valence-corrected chi connectivity index (χ1v) is 7.45. The highest BCUT2D eigenvalue weighted by atomic mass is 16.3. The van der Waals surface area contributed by atoms with Gasteiger partial charge in [0.1, 0.15) is 11.8 Å². The largest absolute Gasteiger partial charge is 0.508 e. The van der Waals surface area contributed by atoms with Crippen molar-refractivity contribution < 1.29 is 14.7 Å². The highest BCUT2D eigenvalue weighted by molar-refractivity contribution is 6.23. The number of hydrogen-bond acceptors (Lipinski definition) is 4. The first-order chi connectivity index (χ1) is 11.0. The molecule has 0 spiro atoms. The predicted molar refractivity (Wildman–Crippen MR) is 88.5 cm³/mol. The van der Waals surface area contributed by atoms with Gasteiger partial charge >= 0.3 is 0 Å². The zero-order valence-corrected chi connectivity index (χ0v) is 13.0. The molecule has 0 aliphatic carbocycles. The Morgan fingerprint density at radius 2 is 1.74 bits per heavy atom. The van der Waals surface area contributed by atoms with Crippen molar-refractivity contribution in [2.75, 3.05) is 10.2 Å². The normalized spacial score (nSPS) is 17.7.